The summed E-state index contributed by atoms with van der Waals surface area (Å²) in [5, 5.41) is 2.34. The van der Waals surface area contributed by atoms with Gasteiger partial charge in [-0.3, -0.25) is 4.18 Å². The molecule has 0 heterocycles. The number of ether oxygens (including phenoxy) is 1. The van der Waals surface area contributed by atoms with Crippen LogP contribution in [0.4, 0.5) is 0 Å². The summed E-state index contributed by atoms with van der Waals surface area (Å²) in [6.07, 6.45) is 0.663. The van der Waals surface area contributed by atoms with Crippen molar-refractivity contribution in [2.45, 2.75) is 46.1 Å². The van der Waals surface area contributed by atoms with Crippen LogP contribution in [0.5, 0.6) is 0 Å². The minimum Gasteiger partial charge on any atom is -0.407 e. The molecule has 0 aliphatic carbocycles. The summed E-state index contributed by atoms with van der Waals surface area (Å²) < 4.78 is 41.8. The zero-order valence-corrected chi connectivity index (χ0v) is 23.1. The van der Waals surface area contributed by atoms with Crippen molar-refractivity contribution in [1.29, 1.82) is 0 Å². The molecule has 0 saturated heterocycles. The van der Waals surface area contributed by atoms with Crippen LogP contribution in [0.15, 0.2) is 60.7 Å². The molecular weight excluding hydrogens is 466 g/mol. The fourth-order valence-electron chi connectivity index (χ4n) is 3.97. The predicted molar refractivity (Wildman–Crippen MR) is 142 cm³/mol. The predicted octanol–water partition coefficient (Wildman–Crippen LogP) is 3.30. The van der Waals surface area contributed by atoms with E-state index in [9.17, 15) is 8.42 Å². The van der Waals surface area contributed by atoms with E-state index in [0.29, 0.717) is 26.2 Å². The Labute approximate surface area is 207 Å². The fraction of sp³-hybridized carbons (Fsp3) is 0.538. The molecule has 0 fully saturated rings. The van der Waals surface area contributed by atoms with Crippen LogP contribution in [0, 0.1) is 5.41 Å². The number of rotatable bonds is 14. The standard InChI is InChI=1S/C26H41NO5SSi/c1-25(2,3)34(23-12-8-6-9-13-23,24-14-10-7-11-15-24)32-18-16-26(4,5)22-31-33(28,29)21-20-30-19-17-27/h6-15H,16-22,27H2,1-5H3. The zero-order chi connectivity index (χ0) is 25.3. The number of hydrogen-bond donors (Lipinski definition) is 1. The van der Waals surface area contributed by atoms with Gasteiger partial charge in [-0.2, -0.15) is 8.42 Å². The minimum absolute atomic E-state index is 0.0803. The molecule has 0 aliphatic rings. The van der Waals surface area contributed by atoms with Gasteiger partial charge >= 0.3 is 0 Å². The highest BCUT2D eigenvalue weighted by Gasteiger charge is 2.50. The normalized spacial score (nSPS) is 13.2. The van der Waals surface area contributed by atoms with Crippen molar-refractivity contribution in [1.82, 2.24) is 0 Å². The highest BCUT2D eigenvalue weighted by atomic mass is 32.2. The topological polar surface area (TPSA) is 87.8 Å². The Hall–Kier alpha value is -1.55. The second-order valence-electron chi connectivity index (χ2n) is 10.4. The van der Waals surface area contributed by atoms with Gasteiger partial charge in [-0.1, -0.05) is 95.3 Å². The second kappa shape index (κ2) is 12.4. The van der Waals surface area contributed by atoms with E-state index in [-0.39, 0.29) is 29.4 Å². The Morgan fingerprint density at radius 1 is 0.824 bits per heavy atom. The van der Waals surface area contributed by atoms with Crippen LogP contribution in [0.2, 0.25) is 5.04 Å². The third kappa shape index (κ3) is 8.00. The molecule has 34 heavy (non-hydrogen) atoms. The maximum atomic E-state index is 12.2. The second-order valence-corrected chi connectivity index (χ2v) is 16.4. The highest BCUT2D eigenvalue weighted by molar-refractivity contribution is 7.86. The molecule has 0 spiro atoms. The molecule has 190 valence electrons. The van der Waals surface area contributed by atoms with Gasteiger partial charge in [0.25, 0.3) is 18.4 Å². The van der Waals surface area contributed by atoms with Crippen LogP contribution in [-0.4, -0.2) is 55.5 Å². The Kier molecular flexibility index (Phi) is 10.5. The molecule has 0 bridgehead atoms. The smallest absolute Gasteiger partial charge is 0.269 e. The molecule has 0 saturated carbocycles. The molecule has 0 aliphatic heterocycles. The van der Waals surface area contributed by atoms with Gasteiger partial charge in [-0.05, 0) is 27.2 Å². The Balaban J connectivity index is 2.14. The zero-order valence-electron chi connectivity index (χ0n) is 21.3. The van der Waals surface area contributed by atoms with E-state index in [1.807, 2.05) is 26.0 Å². The summed E-state index contributed by atoms with van der Waals surface area (Å²) >= 11 is 0. The van der Waals surface area contributed by atoms with E-state index in [0.717, 1.165) is 0 Å². The van der Waals surface area contributed by atoms with Crippen LogP contribution in [0.1, 0.15) is 41.0 Å². The lowest BCUT2D eigenvalue weighted by Gasteiger charge is -2.43. The van der Waals surface area contributed by atoms with Crippen molar-refractivity contribution in [2.75, 3.05) is 38.7 Å². The first-order valence-corrected chi connectivity index (χ1v) is 15.3. The van der Waals surface area contributed by atoms with E-state index in [1.165, 1.54) is 10.4 Å². The third-order valence-corrected chi connectivity index (χ3v) is 12.1. The SMILES string of the molecule is CC(C)(CCO[Si](c1ccccc1)(c1ccccc1)C(C)(C)C)COS(=O)(=O)CCOCCN. The number of benzene rings is 2. The first kappa shape index (κ1) is 28.7. The van der Waals surface area contributed by atoms with Crippen molar-refractivity contribution >= 4 is 28.8 Å². The molecule has 2 N–H and O–H groups in total. The monoisotopic (exact) mass is 507 g/mol. The van der Waals surface area contributed by atoms with Gasteiger partial charge < -0.3 is 14.9 Å². The molecule has 0 radical (unpaired) electrons. The lowest BCUT2D eigenvalue weighted by Crippen LogP contribution is -2.66. The van der Waals surface area contributed by atoms with E-state index < -0.39 is 18.4 Å². The van der Waals surface area contributed by atoms with Crippen molar-refractivity contribution < 1.29 is 21.8 Å². The summed E-state index contributed by atoms with van der Waals surface area (Å²) in [6.45, 7) is 12.1. The minimum atomic E-state index is -3.66. The molecule has 0 amide bonds. The van der Waals surface area contributed by atoms with Crippen molar-refractivity contribution in [2.24, 2.45) is 11.1 Å². The average Bonchev–Trinajstić information content (AvgIpc) is 2.79. The maximum absolute atomic E-state index is 12.2. The quantitative estimate of drug-likeness (QED) is 0.240. The largest absolute Gasteiger partial charge is 0.407 e. The molecule has 6 nitrogen and oxygen atoms in total. The summed E-state index contributed by atoms with van der Waals surface area (Å²) in [5.74, 6) is -0.179. The molecule has 0 unspecified atom stereocenters. The van der Waals surface area contributed by atoms with E-state index in [4.69, 9.17) is 19.1 Å². The lowest BCUT2D eigenvalue weighted by molar-refractivity contribution is 0.136. The van der Waals surface area contributed by atoms with Crippen molar-refractivity contribution in [3.8, 4) is 0 Å². The fourth-order valence-corrected chi connectivity index (χ4v) is 9.47. The van der Waals surface area contributed by atoms with Crippen LogP contribution < -0.4 is 16.1 Å². The Morgan fingerprint density at radius 2 is 1.35 bits per heavy atom. The first-order valence-electron chi connectivity index (χ1n) is 11.8. The van der Waals surface area contributed by atoms with Gasteiger partial charge in [0.1, 0.15) is 0 Å². The van der Waals surface area contributed by atoms with Gasteiger partial charge in [0, 0.05) is 13.2 Å². The summed E-state index contributed by atoms with van der Waals surface area (Å²) in [4.78, 5) is 0. The van der Waals surface area contributed by atoms with Gasteiger partial charge in [0.15, 0.2) is 0 Å². The maximum Gasteiger partial charge on any atom is 0.269 e. The van der Waals surface area contributed by atoms with E-state index >= 15 is 0 Å². The molecule has 0 aromatic heterocycles. The van der Waals surface area contributed by atoms with Crippen LogP contribution in [0.3, 0.4) is 0 Å². The van der Waals surface area contributed by atoms with Gasteiger partial charge in [0.05, 0.1) is 25.6 Å². The van der Waals surface area contributed by atoms with Gasteiger partial charge in [-0.15, -0.1) is 0 Å². The van der Waals surface area contributed by atoms with Crippen LogP contribution in [0.25, 0.3) is 0 Å². The van der Waals surface area contributed by atoms with Gasteiger partial charge in [-0.25, -0.2) is 0 Å². The van der Waals surface area contributed by atoms with Crippen molar-refractivity contribution in [3.05, 3.63) is 60.7 Å². The lowest BCUT2D eigenvalue weighted by atomic mass is 9.91. The van der Waals surface area contributed by atoms with E-state index in [2.05, 4.69) is 69.3 Å². The molecule has 2 rings (SSSR count). The molecular formula is C26H41NO5SSi. The Bertz CT molecular complexity index is 920. The molecule has 0 atom stereocenters. The van der Waals surface area contributed by atoms with Crippen LogP contribution in [-0.2, 0) is 23.5 Å². The van der Waals surface area contributed by atoms with Gasteiger partial charge in [0.2, 0.25) is 0 Å². The molecule has 8 heteroatoms. The van der Waals surface area contributed by atoms with Crippen molar-refractivity contribution in [3.63, 3.8) is 0 Å². The third-order valence-electron chi connectivity index (χ3n) is 5.88. The Morgan fingerprint density at radius 3 is 1.82 bits per heavy atom. The number of nitrogens with two attached hydrogens (primary N) is 1. The highest BCUT2D eigenvalue weighted by Crippen LogP contribution is 2.37. The summed E-state index contributed by atoms with van der Waals surface area (Å²) in [6, 6.07) is 21.0. The average molecular weight is 508 g/mol. The first-order chi connectivity index (χ1) is 15.9. The molecule has 2 aromatic carbocycles. The number of hydrogen-bond acceptors (Lipinski definition) is 6. The summed E-state index contributed by atoms with van der Waals surface area (Å²) in [5.41, 5.74) is 4.98. The summed E-state index contributed by atoms with van der Waals surface area (Å²) in [7, 11) is -6.28. The van der Waals surface area contributed by atoms with Crippen LogP contribution >= 0.6 is 0 Å². The molecule has 2 aromatic rings. The van der Waals surface area contributed by atoms with E-state index in [1.54, 1.807) is 0 Å².